The van der Waals surface area contributed by atoms with Gasteiger partial charge in [-0.15, -0.1) is 0 Å². The number of hydrogen-bond donors (Lipinski definition) is 2. The Morgan fingerprint density at radius 3 is 2.62 bits per heavy atom. The van der Waals surface area contributed by atoms with Gasteiger partial charge in [-0.1, -0.05) is 12.1 Å². The molecule has 2 N–H and O–H groups in total. The topological polar surface area (TPSA) is 70.7 Å². The van der Waals surface area contributed by atoms with Crippen LogP contribution in [0.1, 0.15) is 24.8 Å². The van der Waals surface area contributed by atoms with Crippen LogP contribution >= 0.6 is 0 Å². The Morgan fingerprint density at radius 2 is 2.00 bits per heavy atom. The van der Waals surface area contributed by atoms with Gasteiger partial charge in [-0.05, 0) is 37.0 Å². The Morgan fingerprint density at radius 1 is 1.25 bits per heavy atom. The van der Waals surface area contributed by atoms with Gasteiger partial charge in [0.2, 0.25) is 11.8 Å². The quantitative estimate of drug-likeness (QED) is 0.755. The number of carbonyl (C=O) groups excluding carboxylic acids is 2. The number of nitrogens with zero attached hydrogens (tertiary/aromatic N) is 1. The van der Waals surface area contributed by atoms with Crippen LogP contribution < -0.4 is 10.6 Å². The highest BCUT2D eigenvalue weighted by Gasteiger charge is 2.15. The van der Waals surface area contributed by atoms with Crippen molar-refractivity contribution in [1.82, 2.24) is 10.2 Å². The zero-order chi connectivity index (χ0) is 17.4. The first-order chi connectivity index (χ1) is 11.5. The molecule has 1 aliphatic rings. The summed E-state index contributed by atoms with van der Waals surface area (Å²) in [4.78, 5) is 25.0. The Kier molecular flexibility index (Phi) is 7.06. The number of amides is 2. The molecule has 24 heavy (non-hydrogen) atoms. The molecule has 0 aliphatic carbocycles. The summed E-state index contributed by atoms with van der Waals surface area (Å²) in [6.07, 6.45) is 3.49. The van der Waals surface area contributed by atoms with Crippen LogP contribution in [0.4, 0.5) is 5.69 Å². The molecule has 132 valence electrons. The monoisotopic (exact) mass is 333 g/mol. The molecule has 1 saturated heterocycles. The second kappa shape index (κ2) is 9.27. The van der Waals surface area contributed by atoms with Gasteiger partial charge in [-0.25, -0.2) is 0 Å². The van der Waals surface area contributed by atoms with Crippen molar-refractivity contribution in [3.63, 3.8) is 0 Å². The van der Waals surface area contributed by atoms with Crippen molar-refractivity contribution in [1.29, 1.82) is 0 Å². The molecule has 2 rings (SSSR count). The zero-order valence-corrected chi connectivity index (χ0v) is 14.5. The second-order valence-electron chi connectivity index (χ2n) is 6.28. The maximum absolute atomic E-state index is 11.8. The predicted octanol–water partition coefficient (Wildman–Crippen LogP) is 1.41. The standard InChI is InChI=1S/C18H27N3O3/c1-21(2)18(23)10-7-14-5-8-15(9-6-14)19-13-17(22)20-12-16-4-3-11-24-16/h5-6,8-9,16,19H,3-4,7,10-13H2,1-2H3,(H,20,22). The van der Waals surface area contributed by atoms with E-state index in [2.05, 4.69) is 10.6 Å². The number of aryl methyl sites for hydroxylation is 1. The summed E-state index contributed by atoms with van der Waals surface area (Å²) in [5.74, 6) is 0.0891. The van der Waals surface area contributed by atoms with Crippen LogP contribution in [0.5, 0.6) is 0 Å². The molecule has 6 nitrogen and oxygen atoms in total. The zero-order valence-electron chi connectivity index (χ0n) is 14.5. The average Bonchev–Trinajstić information content (AvgIpc) is 3.10. The lowest BCUT2D eigenvalue weighted by atomic mass is 10.1. The number of carbonyl (C=O) groups is 2. The lowest BCUT2D eigenvalue weighted by molar-refractivity contribution is -0.128. The third-order valence-electron chi connectivity index (χ3n) is 4.08. The minimum absolute atomic E-state index is 0.0360. The van der Waals surface area contributed by atoms with E-state index in [1.54, 1.807) is 19.0 Å². The molecule has 1 aromatic carbocycles. The number of benzene rings is 1. The van der Waals surface area contributed by atoms with E-state index in [4.69, 9.17) is 4.74 Å². The normalized spacial score (nSPS) is 16.7. The van der Waals surface area contributed by atoms with Gasteiger partial charge in [0, 0.05) is 39.4 Å². The molecule has 0 bridgehead atoms. The van der Waals surface area contributed by atoms with Gasteiger partial charge in [0.15, 0.2) is 0 Å². The number of ether oxygens (including phenoxy) is 1. The third-order valence-corrected chi connectivity index (χ3v) is 4.08. The predicted molar refractivity (Wildman–Crippen MR) is 93.9 cm³/mol. The van der Waals surface area contributed by atoms with Crippen LogP contribution in [0.2, 0.25) is 0 Å². The fourth-order valence-corrected chi connectivity index (χ4v) is 2.54. The van der Waals surface area contributed by atoms with Gasteiger partial charge in [0.05, 0.1) is 12.6 Å². The van der Waals surface area contributed by atoms with Crippen LogP contribution in [0, 0.1) is 0 Å². The van der Waals surface area contributed by atoms with Crippen molar-refractivity contribution < 1.29 is 14.3 Å². The molecule has 1 aliphatic heterocycles. The van der Waals surface area contributed by atoms with E-state index in [1.165, 1.54) is 0 Å². The van der Waals surface area contributed by atoms with E-state index < -0.39 is 0 Å². The maximum Gasteiger partial charge on any atom is 0.239 e. The fraction of sp³-hybridized carbons (Fsp3) is 0.556. The molecule has 0 radical (unpaired) electrons. The Hall–Kier alpha value is -2.08. The Bertz CT molecular complexity index is 537. The van der Waals surface area contributed by atoms with Crippen molar-refractivity contribution in [2.24, 2.45) is 0 Å². The number of rotatable bonds is 8. The molecule has 0 spiro atoms. The molecule has 1 fully saturated rings. The van der Waals surface area contributed by atoms with Gasteiger partial charge in [0.25, 0.3) is 0 Å². The van der Waals surface area contributed by atoms with Crippen LogP contribution in [0.3, 0.4) is 0 Å². The lowest BCUT2D eigenvalue weighted by Gasteiger charge is -2.12. The average molecular weight is 333 g/mol. The van der Waals surface area contributed by atoms with Crippen molar-refractivity contribution in [2.75, 3.05) is 39.1 Å². The van der Waals surface area contributed by atoms with Crippen LogP contribution in [0.15, 0.2) is 24.3 Å². The van der Waals surface area contributed by atoms with E-state index >= 15 is 0 Å². The van der Waals surface area contributed by atoms with E-state index in [0.29, 0.717) is 13.0 Å². The minimum Gasteiger partial charge on any atom is -0.376 e. The molecule has 1 atom stereocenters. The van der Waals surface area contributed by atoms with Gasteiger partial charge < -0.3 is 20.3 Å². The van der Waals surface area contributed by atoms with Gasteiger partial charge in [-0.2, -0.15) is 0 Å². The van der Waals surface area contributed by atoms with Gasteiger partial charge >= 0.3 is 0 Å². The summed E-state index contributed by atoms with van der Waals surface area (Å²) in [7, 11) is 3.53. The molecule has 1 unspecified atom stereocenters. The van der Waals surface area contributed by atoms with Gasteiger partial charge in [0.1, 0.15) is 0 Å². The van der Waals surface area contributed by atoms with E-state index in [-0.39, 0.29) is 24.5 Å². The summed E-state index contributed by atoms with van der Waals surface area (Å²) in [6.45, 7) is 1.62. The Balaban J connectivity index is 1.67. The van der Waals surface area contributed by atoms with Crippen LogP contribution in [-0.4, -0.2) is 56.6 Å². The van der Waals surface area contributed by atoms with Crippen molar-refractivity contribution in [3.8, 4) is 0 Å². The minimum atomic E-state index is -0.0360. The summed E-state index contributed by atoms with van der Waals surface area (Å²) in [6, 6.07) is 7.83. The summed E-state index contributed by atoms with van der Waals surface area (Å²) >= 11 is 0. The van der Waals surface area contributed by atoms with Crippen LogP contribution in [-0.2, 0) is 20.7 Å². The first-order valence-corrected chi connectivity index (χ1v) is 8.46. The fourth-order valence-electron chi connectivity index (χ4n) is 2.54. The highest BCUT2D eigenvalue weighted by molar-refractivity contribution is 5.80. The van der Waals surface area contributed by atoms with E-state index in [9.17, 15) is 9.59 Å². The highest BCUT2D eigenvalue weighted by atomic mass is 16.5. The number of anilines is 1. The second-order valence-corrected chi connectivity index (χ2v) is 6.28. The Labute approximate surface area is 143 Å². The molecule has 6 heteroatoms. The van der Waals surface area contributed by atoms with Crippen molar-refractivity contribution >= 4 is 17.5 Å². The highest BCUT2D eigenvalue weighted by Crippen LogP contribution is 2.12. The maximum atomic E-state index is 11.8. The first-order valence-electron chi connectivity index (χ1n) is 8.46. The summed E-state index contributed by atoms with van der Waals surface area (Å²) < 4.78 is 5.47. The first kappa shape index (κ1) is 18.3. The summed E-state index contributed by atoms with van der Waals surface area (Å²) in [5.41, 5.74) is 2.00. The van der Waals surface area contributed by atoms with E-state index in [1.807, 2.05) is 24.3 Å². The molecule has 1 aromatic rings. The number of nitrogens with one attached hydrogen (secondary N) is 2. The molecule has 2 amide bonds. The molecular formula is C18H27N3O3. The molecule has 0 saturated carbocycles. The summed E-state index contributed by atoms with van der Waals surface area (Å²) in [5, 5.41) is 5.98. The SMILES string of the molecule is CN(C)C(=O)CCc1ccc(NCC(=O)NCC2CCCO2)cc1. The number of hydrogen-bond acceptors (Lipinski definition) is 4. The van der Waals surface area contributed by atoms with Crippen LogP contribution in [0.25, 0.3) is 0 Å². The smallest absolute Gasteiger partial charge is 0.239 e. The third kappa shape index (κ3) is 6.20. The molecule has 1 heterocycles. The molecular weight excluding hydrogens is 306 g/mol. The largest absolute Gasteiger partial charge is 0.376 e. The molecule has 0 aromatic heterocycles. The van der Waals surface area contributed by atoms with E-state index in [0.717, 1.165) is 37.1 Å². The van der Waals surface area contributed by atoms with Crippen molar-refractivity contribution in [3.05, 3.63) is 29.8 Å². The van der Waals surface area contributed by atoms with Crippen molar-refractivity contribution in [2.45, 2.75) is 31.8 Å². The lowest BCUT2D eigenvalue weighted by Crippen LogP contribution is -2.35. The van der Waals surface area contributed by atoms with Gasteiger partial charge in [-0.3, -0.25) is 9.59 Å².